The van der Waals surface area contributed by atoms with Crippen molar-refractivity contribution in [1.82, 2.24) is 0 Å². The van der Waals surface area contributed by atoms with Crippen molar-refractivity contribution in [3.05, 3.63) is 12.2 Å². The zero-order chi connectivity index (χ0) is 24.9. The van der Waals surface area contributed by atoms with Gasteiger partial charge in [-0.2, -0.15) is 0 Å². The molecule has 0 aromatic heterocycles. The van der Waals surface area contributed by atoms with Crippen molar-refractivity contribution in [1.29, 1.82) is 0 Å². The molecule has 0 amide bonds. The van der Waals surface area contributed by atoms with Crippen molar-refractivity contribution in [3.63, 3.8) is 0 Å². The van der Waals surface area contributed by atoms with Crippen LogP contribution >= 0.6 is 0 Å². The highest BCUT2D eigenvalue weighted by atomic mass is 16.7. The van der Waals surface area contributed by atoms with Crippen molar-refractivity contribution < 1.29 is 34.0 Å². The van der Waals surface area contributed by atoms with E-state index in [1.807, 2.05) is 20.8 Å². The van der Waals surface area contributed by atoms with Crippen LogP contribution in [0.5, 0.6) is 0 Å². The largest absolute Gasteiger partial charge is 0.460 e. The van der Waals surface area contributed by atoms with E-state index in [4.69, 9.17) is 14.2 Å². The van der Waals surface area contributed by atoms with Crippen molar-refractivity contribution in [2.75, 3.05) is 0 Å². The maximum atomic E-state index is 13.3. The van der Waals surface area contributed by atoms with Crippen molar-refractivity contribution in [2.24, 2.45) is 40.4 Å². The molecule has 2 N–H and O–H groups in total. The highest BCUT2D eigenvalue weighted by Gasteiger charge is 2.79. The number of hydrogen-bond acceptors (Lipinski definition) is 7. The van der Waals surface area contributed by atoms with Gasteiger partial charge >= 0.3 is 5.97 Å². The van der Waals surface area contributed by atoms with Crippen LogP contribution in [0.1, 0.15) is 66.7 Å². The van der Waals surface area contributed by atoms with Crippen LogP contribution in [0.4, 0.5) is 0 Å². The standard InChI is InChI=1S/C28H38O7/c1-13(17-12-24(2)27(5,35-24)23(31)33-17)14-8-9-15-20-16(11-19(30)25(14,15)3)26(4)18(29)7-6-10-28(26,32)22-21(20)34-22/h6-7,13-17,19-22,30,32H,8-12H2,1-5H3. The number of allylic oxidation sites excluding steroid dienone is 1. The second-order valence-corrected chi connectivity index (χ2v) is 13.6. The van der Waals surface area contributed by atoms with E-state index < -0.39 is 28.3 Å². The van der Waals surface area contributed by atoms with Gasteiger partial charge in [0.25, 0.3) is 0 Å². The lowest BCUT2D eigenvalue weighted by molar-refractivity contribution is -0.202. The van der Waals surface area contributed by atoms with E-state index in [0.717, 1.165) is 12.8 Å². The molecule has 3 heterocycles. The number of carbonyl (C=O) groups is 2. The lowest BCUT2D eigenvalue weighted by Crippen LogP contribution is -2.69. The molecule has 0 aromatic carbocycles. The number of cyclic esters (lactones) is 1. The van der Waals surface area contributed by atoms with Crippen LogP contribution < -0.4 is 0 Å². The maximum Gasteiger partial charge on any atom is 0.341 e. The summed E-state index contributed by atoms with van der Waals surface area (Å²) in [6.07, 6.45) is 5.65. The van der Waals surface area contributed by atoms with E-state index >= 15 is 0 Å². The zero-order valence-electron chi connectivity index (χ0n) is 21.3. The van der Waals surface area contributed by atoms with Crippen molar-refractivity contribution >= 4 is 11.8 Å². The molecule has 0 radical (unpaired) electrons. The topological polar surface area (TPSA) is 109 Å². The number of ether oxygens (including phenoxy) is 3. The molecule has 7 aliphatic rings. The third-order valence-corrected chi connectivity index (χ3v) is 12.6. The molecule has 35 heavy (non-hydrogen) atoms. The Hall–Kier alpha value is -1.28. The predicted molar refractivity (Wildman–Crippen MR) is 124 cm³/mol. The summed E-state index contributed by atoms with van der Waals surface area (Å²) >= 11 is 0. The first-order chi connectivity index (χ1) is 16.3. The molecule has 0 bridgehead atoms. The zero-order valence-corrected chi connectivity index (χ0v) is 21.3. The van der Waals surface area contributed by atoms with Gasteiger partial charge in [-0.05, 0) is 87.5 Å². The summed E-state index contributed by atoms with van der Waals surface area (Å²) in [7, 11) is 0. The molecule has 192 valence electrons. The molecular formula is C28H38O7. The van der Waals surface area contributed by atoms with E-state index in [1.54, 1.807) is 12.2 Å². The summed E-state index contributed by atoms with van der Waals surface area (Å²) < 4.78 is 18.0. The van der Waals surface area contributed by atoms with E-state index in [0.29, 0.717) is 19.3 Å². The third-order valence-electron chi connectivity index (χ3n) is 12.6. The normalized spacial score (nSPS) is 62.6. The average molecular weight is 487 g/mol. The molecular weight excluding hydrogens is 448 g/mol. The molecule has 7 rings (SSSR count). The Bertz CT molecular complexity index is 1060. The average Bonchev–Trinajstić information content (AvgIpc) is 3.66. The minimum Gasteiger partial charge on any atom is -0.460 e. The van der Waals surface area contributed by atoms with E-state index in [-0.39, 0.29) is 65.1 Å². The predicted octanol–water partition coefficient (Wildman–Crippen LogP) is 2.56. The minimum absolute atomic E-state index is 0.0382. The summed E-state index contributed by atoms with van der Waals surface area (Å²) in [5.41, 5.74) is -3.81. The number of esters is 1. The van der Waals surface area contributed by atoms with Crippen LogP contribution in [0.25, 0.3) is 0 Å². The van der Waals surface area contributed by atoms with Crippen LogP contribution in [0.15, 0.2) is 12.2 Å². The van der Waals surface area contributed by atoms with Crippen LogP contribution in [-0.2, 0) is 23.8 Å². The Labute approximate surface area is 206 Å². The number of fused-ring (bicyclic) bond motifs is 9. The number of aliphatic hydroxyl groups is 2. The van der Waals surface area contributed by atoms with Crippen LogP contribution in [-0.4, -0.2) is 63.2 Å². The third kappa shape index (κ3) is 2.39. The SMILES string of the molecule is CC(C1CC2(C)OC2(C)C(=O)O1)C1CCC2C3C4OC4C4(O)CC=CC(=O)C4(C)C3CC(O)C12C. The summed E-state index contributed by atoms with van der Waals surface area (Å²) in [5, 5.41) is 23.5. The first-order valence-corrected chi connectivity index (χ1v) is 13.5. The van der Waals surface area contributed by atoms with Gasteiger partial charge < -0.3 is 24.4 Å². The second-order valence-electron chi connectivity index (χ2n) is 13.6. The molecule has 3 aliphatic heterocycles. The number of ketones is 1. The highest BCUT2D eigenvalue weighted by Crippen LogP contribution is 2.72. The van der Waals surface area contributed by atoms with Crippen LogP contribution in [0.2, 0.25) is 0 Å². The molecule has 6 fully saturated rings. The number of carbonyl (C=O) groups excluding carboxylic acids is 2. The fraction of sp³-hybridized carbons (Fsp3) is 0.857. The van der Waals surface area contributed by atoms with Crippen molar-refractivity contribution in [3.8, 4) is 0 Å². The van der Waals surface area contributed by atoms with E-state index in [2.05, 4.69) is 13.8 Å². The number of aliphatic hydroxyl groups excluding tert-OH is 1. The summed E-state index contributed by atoms with van der Waals surface area (Å²) in [4.78, 5) is 26.0. The number of hydrogen-bond donors (Lipinski definition) is 2. The Morgan fingerprint density at radius 2 is 1.86 bits per heavy atom. The van der Waals surface area contributed by atoms with Gasteiger partial charge in [-0.1, -0.05) is 19.9 Å². The Balaban J connectivity index is 1.21. The first kappa shape index (κ1) is 22.9. The molecule has 7 heteroatoms. The van der Waals surface area contributed by atoms with Gasteiger partial charge in [-0.15, -0.1) is 0 Å². The van der Waals surface area contributed by atoms with Gasteiger partial charge in [0.05, 0.1) is 17.6 Å². The van der Waals surface area contributed by atoms with Gasteiger partial charge in [0.15, 0.2) is 11.4 Å². The van der Waals surface area contributed by atoms with Gasteiger partial charge in [0.1, 0.15) is 23.4 Å². The fourth-order valence-corrected chi connectivity index (χ4v) is 10.0. The van der Waals surface area contributed by atoms with Gasteiger partial charge in [-0.25, -0.2) is 4.79 Å². The number of rotatable bonds is 2. The lowest BCUT2D eigenvalue weighted by atomic mass is 9.43. The van der Waals surface area contributed by atoms with Gasteiger partial charge in [0.2, 0.25) is 0 Å². The second kappa shape index (κ2) is 6.40. The van der Waals surface area contributed by atoms with Gasteiger partial charge in [0, 0.05) is 6.42 Å². The van der Waals surface area contributed by atoms with Crippen LogP contribution in [0.3, 0.4) is 0 Å². The Kier molecular flexibility index (Phi) is 4.18. The molecule has 0 spiro atoms. The minimum atomic E-state index is -1.20. The van der Waals surface area contributed by atoms with Crippen LogP contribution in [0, 0.1) is 40.4 Å². The van der Waals surface area contributed by atoms with Crippen molar-refractivity contribution in [2.45, 2.75) is 108 Å². The number of epoxide rings is 2. The molecule has 3 saturated heterocycles. The molecule has 0 aromatic rings. The van der Waals surface area contributed by atoms with Gasteiger partial charge in [-0.3, -0.25) is 4.79 Å². The maximum absolute atomic E-state index is 13.3. The Morgan fingerprint density at radius 1 is 1.11 bits per heavy atom. The summed E-state index contributed by atoms with van der Waals surface area (Å²) in [6, 6.07) is 0. The smallest absolute Gasteiger partial charge is 0.341 e. The van der Waals surface area contributed by atoms with E-state index in [9.17, 15) is 19.8 Å². The molecule has 3 saturated carbocycles. The highest BCUT2D eigenvalue weighted by molar-refractivity contribution is 5.97. The molecule has 14 unspecified atom stereocenters. The fourth-order valence-electron chi connectivity index (χ4n) is 10.0. The summed E-state index contributed by atoms with van der Waals surface area (Å²) in [6.45, 7) is 10.1. The molecule has 7 nitrogen and oxygen atoms in total. The summed E-state index contributed by atoms with van der Waals surface area (Å²) in [5.74, 6) is 0.151. The molecule has 14 atom stereocenters. The van der Waals surface area contributed by atoms with E-state index in [1.165, 1.54) is 0 Å². The Morgan fingerprint density at radius 3 is 2.57 bits per heavy atom. The first-order valence-electron chi connectivity index (χ1n) is 13.5. The monoisotopic (exact) mass is 486 g/mol. The lowest BCUT2D eigenvalue weighted by Gasteiger charge is -2.61. The quantitative estimate of drug-likeness (QED) is 0.456. The molecule has 4 aliphatic carbocycles.